The van der Waals surface area contributed by atoms with Crippen LogP contribution in [0, 0.1) is 11.8 Å². The van der Waals surface area contributed by atoms with E-state index in [9.17, 15) is 19.2 Å². The lowest BCUT2D eigenvalue weighted by atomic mass is 9.87. The normalized spacial score (nSPS) is 21.0. The molecule has 0 bridgehead atoms. The SMILES string of the molecule is [B]P(I)C/C(=C(\C)C1CC(=O)N(CNCNC)C1=O)C1CC(=O)N(c2ccc(Nc3ccccc3)cc2)C1=O. The number of nitrogens with zero attached hydrogens (tertiary/aromatic N) is 2. The molecule has 2 aliphatic rings. The van der Waals surface area contributed by atoms with Crippen molar-refractivity contribution < 1.29 is 19.2 Å². The molecule has 4 amide bonds. The summed E-state index contributed by atoms with van der Waals surface area (Å²) in [6.45, 7) is 2.35. The number of carbonyl (C=O) groups is 4. The van der Waals surface area contributed by atoms with Gasteiger partial charge in [-0.2, -0.15) is 0 Å². The number of carbonyl (C=O) groups excluding carboxylic acids is 4. The number of rotatable bonds is 11. The molecule has 2 aliphatic heterocycles. The monoisotopic (exact) mass is 657 g/mol. The van der Waals surface area contributed by atoms with Crippen LogP contribution in [0.2, 0.25) is 0 Å². The summed E-state index contributed by atoms with van der Waals surface area (Å²) in [5.41, 5.74) is 2.61. The zero-order valence-corrected chi connectivity index (χ0v) is 24.9. The highest BCUT2D eigenvalue weighted by atomic mass is 127. The molecule has 3 N–H and O–H groups in total. The molecule has 2 heterocycles. The van der Waals surface area contributed by atoms with Gasteiger partial charge in [0.1, 0.15) is 7.57 Å². The van der Waals surface area contributed by atoms with Gasteiger partial charge in [-0.3, -0.25) is 34.3 Å². The summed E-state index contributed by atoms with van der Waals surface area (Å²) in [5, 5.41) is 9.20. The molecule has 2 radical (unpaired) electrons. The minimum absolute atomic E-state index is 0.00235. The van der Waals surface area contributed by atoms with E-state index in [4.69, 9.17) is 7.57 Å². The van der Waals surface area contributed by atoms with Crippen molar-refractivity contribution in [3.8, 4) is 0 Å². The van der Waals surface area contributed by atoms with Crippen LogP contribution in [0.3, 0.4) is 0 Å². The van der Waals surface area contributed by atoms with E-state index in [1.165, 1.54) is 9.80 Å². The number of imide groups is 2. The molecule has 0 saturated carbocycles. The van der Waals surface area contributed by atoms with E-state index in [2.05, 4.69) is 38.0 Å². The minimum atomic E-state index is -0.990. The molecule has 2 saturated heterocycles. The Balaban J connectivity index is 1.56. The lowest BCUT2D eigenvalue weighted by Gasteiger charge is -2.23. The first-order chi connectivity index (χ1) is 18.7. The van der Waals surface area contributed by atoms with Crippen LogP contribution in [0.4, 0.5) is 17.1 Å². The van der Waals surface area contributed by atoms with E-state index in [0.29, 0.717) is 29.7 Å². The quantitative estimate of drug-likeness (QED) is 0.0645. The highest BCUT2D eigenvalue weighted by molar-refractivity contribution is 14.2. The second kappa shape index (κ2) is 13.2. The minimum Gasteiger partial charge on any atom is -0.356 e. The topological polar surface area (TPSA) is 111 Å². The summed E-state index contributed by atoms with van der Waals surface area (Å²) >= 11 is 2.13. The van der Waals surface area contributed by atoms with E-state index in [-0.39, 0.29) is 43.1 Å². The first-order valence-corrected chi connectivity index (χ1v) is 17.0. The van der Waals surface area contributed by atoms with E-state index in [1.807, 2.05) is 42.5 Å². The maximum absolute atomic E-state index is 13.7. The fourth-order valence-corrected chi connectivity index (χ4v) is 6.83. The summed E-state index contributed by atoms with van der Waals surface area (Å²) < 4.78 is 0. The third-order valence-corrected chi connectivity index (χ3v) is 8.59. The zero-order chi connectivity index (χ0) is 28.1. The van der Waals surface area contributed by atoms with E-state index < -0.39 is 17.3 Å². The van der Waals surface area contributed by atoms with Crippen molar-refractivity contribution in [2.75, 3.05) is 36.8 Å². The third kappa shape index (κ3) is 6.77. The van der Waals surface area contributed by atoms with Gasteiger partial charge in [0.25, 0.3) is 0 Å². The molecule has 2 aromatic rings. The number of para-hydroxylation sites is 1. The Hall–Kier alpha value is -2.60. The number of hydrogen-bond acceptors (Lipinski definition) is 7. The van der Waals surface area contributed by atoms with E-state index in [1.54, 1.807) is 26.1 Å². The van der Waals surface area contributed by atoms with Crippen LogP contribution < -0.4 is 20.9 Å². The molecule has 0 aromatic heterocycles. The average molecular weight is 657 g/mol. The van der Waals surface area contributed by atoms with Gasteiger partial charge in [-0.25, -0.2) is 0 Å². The van der Waals surface area contributed by atoms with E-state index in [0.717, 1.165) is 11.4 Å². The Morgan fingerprint density at radius 2 is 1.59 bits per heavy atom. The summed E-state index contributed by atoms with van der Waals surface area (Å²) in [6.07, 6.45) is 0.431. The molecular weight excluding hydrogens is 627 g/mol. The fourth-order valence-electron chi connectivity index (χ4n) is 4.93. The maximum Gasteiger partial charge on any atom is 0.241 e. The molecule has 3 atom stereocenters. The number of nitrogens with one attached hydrogen (secondary N) is 3. The van der Waals surface area contributed by atoms with Crippen LogP contribution in [0.5, 0.6) is 0 Å². The van der Waals surface area contributed by atoms with Gasteiger partial charge in [-0.05, 0) is 56.5 Å². The molecule has 0 spiro atoms. The summed E-state index contributed by atoms with van der Waals surface area (Å²) in [5.74, 6) is -2.60. The molecular formula is C27H30BIN5O4P. The molecule has 12 heteroatoms. The largest absolute Gasteiger partial charge is 0.356 e. The maximum atomic E-state index is 13.7. The Morgan fingerprint density at radius 3 is 2.23 bits per heavy atom. The predicted molar refractivity (Wildman–Crippen MR) is 163 cm³/mol. The molecule has 9 nitrogen and oxygen atoms in total. The van der Waals surface area contributed by atoms with Crippen molar-refractivity contribution >= 4 is 75.7 Å². The smallest absolute Gasteiger partial charge is 0.241 e. The highest BCUT2D eigenvalue weighted by Gasteiger charge is 2.45. The fraction of sp³-hybridized carbons (Fsp3) is 0.333. The number of anilines is 3. The van der Waals surface area contributed by atoms with Crippen LogP contribution in [-0.2, 0) is 19.2 Å². The lowest BCUT2D eigenvalue weighted by Crippen LogP contribution is -2.41. The van der Waals surface area contributed by atoms with Gasteiger partial charge in [0.05, 0.1) is 24.2 Å². The van der Waals surface area contributed by atoms with Crippen LogP contribution in [-0.4, -0.2) is 62.6 Å². The van der Waals surface area contributed by atoms with Crippen molar-refractivity contribution in [3.63, 3.8) is 0 Å². The number of likely N-dealkylation sites (tertiary alicyclic amines) is 1. The molecule has 4 rings (SSSR count). The van der Waals surface area contributed by atoms with Gasteiger partial charge in [-0.1, -0.05) is 56.8 Å². The number of benzene rings is 2. The third-order valence-electron chi connectivity index (χ3n) is 6.92. The Morgan fingerprint density at radius 1 is 0.949 bits per heavy atom. The Kier molecular flexibility index (Phi) is 9.93. The molecule has 3 unspecified atom stereocenters. The first kappa shape index (κ1) is 29.4. The lowest BCUT2D eigenvalue weighted by molar-refractivity contribution is -0.139. The van der Waals surface area contributed by atoms with Crippen LogP contribution in [0.1, 0.15) is 19.8 Å². The predicted octanol–water partition coefficient (Wildman–Crippen LogP) is 3.64. The Labute approximate surface area is 243 Å². The molecule has 202 valence electrons. The van der Waals surface area contributed by atoms with Gasteiger partial charge in [0.2, 0.25) is 23.6 Å². The average Bonchev–Trinajstić information content (AvgIpc) is 3.37. The van der Waals surface area contributed by atoms with Gasteiger partial charge in [0, 0.05) is 30.9 Å². The first-order valence-electron chi connectivity index (χ1n) is 12.6. The summed E-state index contributed by atoms with van der Waals surface area (Å²) in [6, 6.07) is 16.8. The van der Waals surface area contributed by atoms with Crippen molar-refractivity contribution in [1.82, 2.24) is 15.5 Å². The highest BCUT2D eigenvalue weighted by Crippen LogP contribution is 2.46. The van der Waals surface area contributed by atoms with Crippen molar-refractivity contribution in [1.29, 1.82) is 0 Å². The standard InChI is InChI=1S/C27H30BIN5O4P/c1-17(21-12-24(35)33(26(21)37)16-31-15-30-2)23(14-39(28)29)22-13-25(36)34(27(22)38)20-10-8-19(9-11-20)32-18-6-4-3-5-7-18/h3-11,21-22,30-32H,12-16H2,1-2H3/b23-17-. The summed E-state index contributed by atoms with van der Waals surface area (Å²) in [4.78, 5) is 55.0. The summed E-state index contributed by atoms with van der Waals surface area (Å²) in [7, 11) is 7.96. The molecule has 39 heavy (non-hydrogen) atoms. The van der Waals surface area contributed by atoms with Crippen LogP contribution in [0.15, 0.2) is 65.7 Å². The van der Waals surface area contributed by atoms with Crippen molar-refractivity contribution in [3.05, 3.63) is 65.7 Å². The molecule has 0 aliphatic carbocycles. The van der Waals surface area contributed by atoms with Gasteiger partial charge in [0.15, 0.2) is 0 Å². The molecule has 2 aromatic carbocycles. The number of hydrogen-bond donors (Lipinski definition) is 3. The van der Waals surface area contributed by atoms with Crippen LogP contribution in [0.25, 0.3) is 0 Å². The Bertz CT molecular complexity index is 1270. The van der Waals surface area contributed by atoms with E-state index >= 15 is 0 Å². The van der Waals surface area contributed by atoms with Gasteiger partial charge >= 0.3 is 0 Å². The number of amides is 4. The van der Waals surface area contributed by atoms with Crippen molar-refractivity contribution in [2.45, 2.75) is 19.8 Å². The second-order valence-electron chi connectivity index (χ2n) is 9.48. The van der Waals surface area contributed by atoms with Gasteiger partial charge in [-0.15, -0.1) is 0 Å². The van der Waals surface area contributed by atoms with Gasteiger partial charge < -0.3 is 10.6 Å². The second-order valence-corrected chi connectivity index (χ2v) is 14.3. The van der Waals surface area contributed by atoms with Crippen molar-refractivity contribution in [2.24, 2.45) is 11.8 Å². The zero-order valence-electron chi connectivity index (χ0n) is 21.8. The number of halogens is 1. The molecule has 2 fully saturated rings. The van der Waals surface area contributed by atoms with Crippen LogP contribution >= 0.6 is 27.5 Å².